The Hall–Kier alpha value is -1.35. The second-order valence-corrected chi connectivity index (χ2v) is 4.61. The van der Waals surface area contributed by atoms with Crippen LogP contribution >= 0.6 is 0 Å². The molecule has 1 heterocycles. The van der Waals surface area contributed by atoms with Crippen molar-refractivity contribution in [1.29, 1.82) is 0 Å². The van der Waals surface area contributed by atoms with Crippen LogP contribution in [0.3, 0.4) is 0 Å². The number of nitrogens with two attached hydrogens (primary N) is 1. The second-order valence-electron chi connectivity index (χ2n) is 4.61. The second kappa shape index (κ2) is 4.26. The zero-order chi connectivity index (χ0) is 11.7. The maximum Gasteiger partial charge on any atom is 0.224 e. The predicted molar refractivity (Wildman–Crippen MR) is 63.9 cm³/mol. The van der Waals surface area contributed by atoms with E-state index in [0.717, 1.165) is 0 Å². The van der Waals surface area contributed by atoms with Crippen LogP contribution in [-0.4, -0.2) is 23.4 Å². The van der Waals surface area contributed by atoms with Gasteiger partial charge in [-0.15, -0.1) is 0 Å². The fourth-order valence-electron chi connectivity index (χ4n) is 2.24. The van der Waals surface area contributed by atoms with Crippen LogP contribution in [0.4, 0.5) is 0 Å². The van der Waals surface area contributed by atoms with Gasteiger partial charge in [-0.2, -0.15) is 0 Å². The van der Waals surface area contributed by atoms with Gasteiger partial charge in [0.05, 0.1) is 0 Å². The number of likely N-dealkylation sites (tertiary alicyclic amines) is 1. The van der Waals surface area contributed by atoms with Gasteiger partial charge in [0, 0.05) is 25.6 Å². The highest BCUT2D eigenvalue weighted by molar-refractivity contribution is 5.79. The van der Waals surface area contributed by atoms with Gasteiger partial charge in [0.1, 0.15) is 0 Å². The molecule has 0 aliphatic carbocycles. The van der Waals surface area contributed by atoms with Gasteiger partial charge >= 0.3 is 0 Å². The van der Waals surface area contributed by atoms with Crippen molar-refractivity contribution >= 4 is 5.91 Å². The molecule has 16 heavy (non-hydrogen) atoms. The number of nitrogens with zero attached hydrogens (tertiary/aromatic N) is 1. The summed E-state index contributed by atoms with van der Waals surface area (Å²) in [5.74, 6) is 0.176. The number of rotatable bonds is 2. The van der Waals surface area contributed by atoms with Crippen molar-refractivity contribution in [2.75, 3.05) is 6.54 Å². The first-order valence-electron chi connectivity index (χ1n) is 5.66. The van der Waals surface area contributed by atoms with Crippen molar-refractivity contribution in [3.63, 3.8) is 0 Å². The summed E-state index contributed by atoms with van der Waals surface area (Å²) in [7, 11) is 0. The van der Waals surface area contributed by atoms with Crippen molar-refractivity contribution in [3.8, 4) is 0 Å². The normalized spacial score (nSPS) is 20.6. The Morgan fingerprint density at radius 3 is 2.50 bits per heavy atom. The van der Waals surface area contributed by atoms with Crippen molar-refractivity contribution in [1.82, 2.24) is 4.90 Å². The average molecular weight is 218 g/mol. The van der Waals surface area contributed by atoms with Crippen molar-refractivity contribution in [2.45, 2.75) is 32.9 Å². The number of hydrogen-bond donors (Lipinski definition) is 1. The molecule has 0 saturated carbocycles. The molecule has 1 aromatic carbocycles. The highest BCUT2D eigenvalue weighted by Crippen LogP contribution is 2.19. The summed E-state index contributed by atoms with van der Waals surface area (Å²) in [4.78, 5) is 13.5. The number of carbonyl (C=O) groups excluding carboxylic acids is 1. The van der Waals surface area contributed by atoms with Crippen LogP contribution in [0, 0.1) is 13.8 Å². The van der Waals surface area contributed by atoms with Crippen LogP contribution < -0.4 is 5.73 Å². The predicted octanol–water partition coefficient (Wildman–Crippen LogP) is 1.36. The largest absolute Gasteiger partial charge is 0.337 e. The smallest absolute Gasteiger partial charge is 0.224 e. The number of amides is 1. The molecule has 1 fully saturated rings. The fraction of sp³-hybridized carbons (Fsp3) is 0.462. The third-order valence-electron chi connectivity index (χ3n) is 3.24. The Bertz CT molecular complexity index is 394. The molecule has 2 rings (SSSR count). The molecular weight excluding hydrogens is 200 g/mol. The quantitative estimate of drug-likeness (QED) is 0.814. The summed E-state index contributed by atoms with van der Waals surface area (Å²) < 4.78 is 0. The van der Waals surface area contributed by atoms with Crippen LogP contribution in [0.2, 0.25) is 0 Å². The molecule has 1 amide bonds. The number of aryl methyl sites for hydroxylation is 2. The monoisotopic (exact) mass is 218 g/mol. The Labute approximate surface area is 96.2 Å². The lowest BCUT2D eigenvalue weighted by Gasteiger charge is -2.19. The van der Waals surface area contributed by atoms with Gasteiger partial charge in [0.15, 0.2) is 0 Å². The van der Waals surface area contributed by atoms with Crippen molar-refractivity contribution in [3.05, 3.63) is 34.9 Å². The van der Waals surface area contributed by atoms with E-state index in [9.17, 15) is 4.79 Å². The Balaban J connectivity index is 2.18. The van der Waals surface area contributed by atoms with Crippen LogP contribution in [0.1, 0.15) is 23.1 Å². The van der Waals surface area contributed by atoms with E-state index in [1.165, 1.54) is 16.7 Å². The molecule has 0 aromatic heterocycles. The van der Waals surface area contributed by atoms with Crippen molar-refractivity contribution in [2.24, 2.45) is 5.73 Å². The summed E-state index contributed by atoms with van der Waals surface area (Å²) >= 11 is 0. The van der Waals surface area contributed by atoms with Crippen LogP contribution in [0.5, 0.6) is 0 Å². The maximum absolute atomic E-state index is 11.7. The van der Waals surface area contributed by atoms with E-state index < -0.39 is 0 Å². The van der Waals surface area contributed by atoms with Gasteiger partial charge < -0.3 is 10.6 Å². The molecule has 0 spiro atoms. The molecule has 1 atom stereocenters. The zero-order valence-electron chi connectivity index (χ0n) is 9.86. The van der Waals surface area contributed by atoms with Gasteiger partial charge in [-0.1, -0.05) is 18.2 Å². The van der Waals surface area contributed by atoms with Crippen LogP contribution in [0.15, 0.2) is 18.2 Å². The minimum atomic E-state index is 0.0109. The van der Waals surface area contributed by atoms with Gasteiger partial charge in [0.25, 0.3) is 0 Å². The van der Waals surface area contributed by atoms with Crippen LogP contribution in [-0.2, 0) is 11.3 Å². The average Bonchev–Trinajstić information content (AvgIpc) is 2.51. The lowest BCUT2D eigenvalue weighted by Crippen LogP contribution is -2.28. The molecule has 1 aliphatic heterocycles. The lowest BCUT2D eigenvalue weighted by molar-refractivity contribution is -0.128. The molecule has 0 bridgehead atoms. The first-order chi connectivity index (χ1) is 7.58. The Morgan fingerprint density at radius 1 is 1.38 bits per heavy atom. The summed E-state index contributed by atoms with van der Waals surface area (Å²) in [6.07, 6.45) is 0.491. The van der Waals surface area contributed by atoms with E-state index in [-0.39, 0.29) is 11.9 Å². The standard InChI is InChI=1S/C13H18N2O/c1-9-4-3-5-10(2)12(9)8-15-7-11(14)6-13(15)16/h3-5,11H,6-8,14H2,1-2H3. The summed E-state index contributed by atoms with van der Waals surface area (Å²) in [6.45, 7) is 5.56. The van der Waals surface area contributed by atoms with Crippen LogP contribution in [0.25, 0.3) is 0 Å². The van der Waals surface area contributed by atoms with E-state index in [2.05, 4.69) is 26.0 Å². The first-order valence-corrected chi connectivity index (χ1v) is 5.66. The third-order valence-corrected chi connectivity index (χ3v) is 3.24. The summed E-state index contributed by atoms with van der Waals surface area (Å²) in [5, 5.41) is 0. The van der Waals surface area contributed by atoms with Crippen molar-refractivity contribution < 1.29 is 4.79 Å². The lowest BCUT2D eigenvalue weighted by atomic mass is 10.0. The highest BCUT2D eigenvalue weighted by atomic mass is 16.2. The maximum atomic E-state index is 11.7. The zero-order valence-corrected chi connectivity index (χ0v) is 9.86. The number of hydrogen-bond acceptors (Lipinski definition) is 2. The summed E-state index contributed by atoms with van der Waals surface area (Å²) in [5.41, 5.74) is 9.52. The number of carbonyl (C=O) groups is 1. The minimum Gasteiger partial charge on any atom is -0.337 e. The molecule has 3 heteroatoms. The molecular formula is C13H18N2O. The van der Waals surface area contributed by atoms with E-state index in [4.69, 9.17) is 5.73 Å². The number of benzene rings is 1. The molecule has 1 unspecified atom stereocenters. The van der Waals surface area contributed by atoms with Gasteiger partial charge in [-0.25, -0.2) is 0 Å². The molecule has 1 aromatic rings. The van der Waals surface area contributed by atoms with E-state index in [1.54, 1.807) is 0 Å². The molecule has 3 nitrogen and oxygen atoms in total. The SMILES string of the molecule is Cc1cccc(C)c1CN1CC(N)CC1=O. The minimum absolute atomic E-state index is 0.0109. The van der Waals surface area contributed by atoms with E-state index >= 15 is 0 Å². The third kappa shape index (κ3) is 2.09. The van der Waals surface area contributed by atoms with E-state index in [1.807, 2.05) is 11.0 Å². The summed E-state index contributed by atoms with van der Waals surface area (Å²) in [6, 6.07) is 6.23. The van der Waals surface area contributed by atoms with Gasteiger partial charge in [0.2, 0.25) is 5.91 Å². The fourth-order valence-corrected chi connectivity index (χ4v) is 2.24. The molecule has 0 radical (unpaired) electrons. The molecule has 2 N–H and O–H groups in total. The topological polar surface area (TPSA) is 46.3 Å². The Morgan fingerprint density at radius 2 is 2.00 bits per heavy atom. The Kier molecular flexibility index (Phi) is 2.97. The first kappa shape index (κ1) is 11.1. The molecule has 86 valence electrons. The van der Waals surface area contributed by atoms with Gasteiger partial charge in [-0.05, 0) is 30.5 Å². The van der Waals surface area contributed by atoms with Gasteiger partial charge in [-0.3, -0.25) is 4.79 Å². The van der Waals surface area contributed by atoms with E-state index in [0.29, 0.717) is 19.5 Å². The highest BCUT2D eigenvalue weighted by Gasteiger charge is 2.27. The molecule has 1 saturated heterocycles. The molecule has 1 aliphatic rings.